The lowest BCUT2D eigenvalue weighted by atomic mass is 10.2. The second-order valence-corrected chi connectivity index (χ2v) is 2.66. The maximum atomic E-state index is 5.17. The van der Waals surface area contributed by atoms with Crippen molar-refractivity contribution in [3.05, 3.63) is 30.3 Å². The summed E-state index contributed by atoms with van der Waals surface area (Å²) in [5.41, 5.74) is 1.88. The Bertz CT molecular complexity index is 381. The van der Waals surface area contributed by atoms with Crippen molar-refractivity contribution >= 4 is 11.0 Å². The minimum Gasteiger partial charge on any atom is -0.463 e. The molecule has 0 aliphatic carbocycles. The van der Waals surface area contributed by atoms with Gasteiger partial charge in [0.15, 0.2) is 5.58 Å². The quantitative estimate of drug-likeness (QED) is 0.728. The van der Waals surface area contributed by atoms with Crippen LogP contribution in [0.2, 0.25) is 0 Å². The van der Waals surface area contributed by atoms with Crippen molar-refractivity contribution in [3.8, 4) is 0 Å². The van der Waals surface area contributed by atoms with Gasteiger partial charge in [-0.2, -0.15) is 0 Å². The molecule has 2 heterocycles. The van der Waals surface area contributed by atoms with Crippen LogP contribution in [0.1, 0.15) is 5.69 Å². The number of rotatable bonds is 2. The molecule has 0 spiro atoms. The van der Waals surface area contributed by atoms with Crippen LogP contribution in [-0.4, -0.2) is 12.0 Å². The normalized spacial score (nSPS) is 10.8. The molecule has 0 aliphatic rings. The Morgan fingerprint density at radius 1 is 1.58 bits per heavy atom. The average Bonchev–Trinajstić information content (AvgIpc) is 2.51. The Hall–Kier alpha value is -1.35. The van der Waals surface area contributed by atoms with Crippen LogP contribution in [0.15, 0.2) is 29.0 Å². The van der Waals surface area contributed by atoms with E-state index in [-0.39, 0.29) is 0 Å². The van der Waals surface area contributed by atoms with Crippen LogP contribution in [0.3, 0.4) is 0 Å². The molecule has 0 radical (unpaired) electrons. The molecule has 12 heavy (non-hydrogen) atoms. The zero-order chi connectivity index (χ0) is 8.39. The molecular weight excluding hydrogens is 152 g/mol. The Morgan fingerprint density at radius 2 is 2.50 bits per heavy atom. The standard InChI is InChI=1S/C9H10N2O/c1-10-5-8-4-7-2-3-12-9(7)6-11-8/h2-4,6,10H,5H2,1H3. The summed E-state index contributed by atoms with van der Waals surface area (Å²) < 4.78 is 5.17. The fourth-order valence-electron chi connectivity index (χ4n) is 1.19. The molecule has 0 fully saturated rings. The van der Waals surface area contributed by atoms with Crippen molar-refractivity contribution < 1.29 is 4.42 Å². The van der Waals surface area contributed by atoms with Crippen LogP contribution in [-0.2, 0) is 6.54 Å². The Balaban J connectivity index is 2.46. The van der Waals surface area contributed by atoms with Crippen LogP contribution in [0.5, 0.6) is 0 Å². The van der Waals surface area contributed by atoms with E-state index >= 15 is 0 Å². The van der Waals surface area contributed by atoms with Gasteiger partial charge in [0.1, 0.15) is 0 Å². The molecule has 2 aromatic heterocycles. The Morgan fingerprint density at radius 3 is 3.33 bits per heavy atom. The summed E-state index contributed by atoms with van der Waals surface area (Å²) in [6, 6.07) is 3.96. The zero-order valence-corrected chi connectivity index (χ0v) is 6.87. The predicted molar refractivity (Wildman–Crippen MR) is 46.8 cm³/mol. The number of fused-ring (bicyclic) bond motifs is 1. The first-order chi connectivity index (χ1) is 5.90. The third kappa shape index (κ3) is 1.19. The average molecular weight is 162 g/mol. The van der Waals surface area contributed by atoms with Crippen LogP contribution in [0, 0.1) is 0 Å². The number of hydrogen-bond donors (Lipinski definition) is 1. The molecule has 0 aliphatic heterocycles. The van der Waals surface area contributed by atoms with Crippen LogP contribution in [0.25, 0.3) is 11.0 Å². The van der Waals surface area contributed by atoms with E-state index < -0.39 is 0 Å². The van der Waals surface area contributed by atoms with Crippen LogP contribution < -0.4 is 5.32 Å². The second kappa shape index (κ2) is 2.95. The van der Waals surface area contributed by atoms with Gasteiger partial charge in [-0.3, -0.25) is 4.98 Å². The largest absolute Gasteiger partial charge is 0.463 e. The lowest BCUT2D eigenvalue weighted by molar-refractivity contribution is 0.613. The molecule has 0 unspecified atom stereocenters. The Labute approximate surface area is 70.4 Å². The van der Waals surface area contributed by atoms with E-state index in [1.165, 1.54) is 0 Å². The maximum Gasteiger partial charge on any atom is 0.152 e. The number of nitrogens with zero attached hydrogens (tertiary/aromatic N) is 1. The van der Waals surface area contributed by atoms with Crippen molar-refractivity contribution in [1.82, 2.24) is 10.3 Å². The third-order valence-corrected chi connectivity index (χ3v) is 1.75. The molecule has 3 nitrogen and oxygen atoms in total. The van der Waals surface area contributed by atoms with Crippen molar-refractivity contribution in [1.29, 1.82) is 0 Å². The summed E-state index contributed by atoms with van der Waals surface area (Å²) in [5, 5.41) is 4.15. The van der Waals surface area contributed by atoms with E-state index in [1.54, 1.807) is 12.5 Å². The van der Waals surface area contributed by atoms with Crippen molar-refractivity contribution in [2.75, 3.05) is 7.05 Å². The fourth-order valence-corrected chi connectivity index (χ4v) is 1.19. The lowest BCUT2D eigenvalue weighted by Crippen LogP contribution is -2.06. The number of furan rings is 1. The van der Waals surface area contributed by atoms with E-state index in [0.717, 1.165) is 23.2 Å². The molecule has 0 atom stereocenters. The van der Waals surface area contributed by atoms with Crippen LogP contribution >= 0.6 is 0 Å². The molecule has 2 rings (SSSR count). The summed E-state index contributed by atoms with van der Waals surface area (Å²) >= 11 is 0. The van der Waals surface area contributed by atoms with Gasteiger partial charge in [0.2, 0.25) is 0 Å². The topological polar surface area (TPSA) is 38.1 Å². The molecule has 3 heteroatoms. The molecule has 0 saturated heterocycles. The lowest BCUT2D eigenvalue weighted by Gasteiger charge is -1.97. The van der Waals surface area contributed by atoms with Gasteiger partial charge in [0, 0.05) is 11.9 Å². The summed E-state index contributed by atoms with van der Waals surface area (Å²) in [5.74, 6) is 0. The van der Waals surface area contributed by atoms with E-state index in [4.69, 9.17) is 4.42 Å². The smallest absolute Gasteiger partial charge is 0.152 e. The van der Waals surface area contributed by atoms with E-state index in [2.05, 4.69) is 10.3 Å². The van der Waals surface area contributed by atoms with Gasteiger partial charge >= 0.3 is 0 Å². The third-order valence-electron chi connectivity index (χ3n) is 1.75. The summed E-state index contributed by atoms with van der Waals surface area (Å²) in [7, 11) is 1.90. The first-order valence-corrected chi connectivity index (χ1v) is 3.87. The molecule has 0 bridgehead atoms. The molecule has 0 amide bonds. The van der Waals surface area contributed by atoms with Gasteiger partial charge in [0.25, 0.3) is 0 Å². The first-order valence-electron chi connectivity index (χ1n) is 3.87. The van der Waals surface area contributed by atoms with Gasteiger partial charge in [0.05, 0.1) is 18.2 Å². The Kier molecular flexibility index (Phi) is 1.80. The monoisotopic (exact) mass is 162 g/mol. The maximum absolute atomic E-state index is 5.17. The fraction of sp³-hybridized carbons (Fsp3) is 0.222. The molecule has 2 aromatic rings. The zero-order valence-electron chi connectivity index (χ0n) is 6.87. The summed E-state index contributed by atoms with van der Waals surface area (Å²) in [6.45, 7) is 0.793. The van der Waals surface area contributed by atoms with Crippen LogP contribution in [0.4, 0.5) is 0 Å². The highest BCUT2D eigenvalue weighted by molar-refractivity contribution is 5.76. The first kappa shape index (κ1) is 7.31. The van der Waals surface area contributed by atoms with Crippen molar-refractivity contribution in [2.45, 2.75) is 6.54 Å². The van der Waals surface area contributed by atoms with Gasteiger partial charge < -0.3 is 9.73 Å². The predicted octanol–water partition coefficient (Wildman–Crippen LogP) is 1.55. The van der Waals surface area contributed by atoms with Crippen molar-refractivity contribution in [2.24, 2.45) is 0 Å². The van der Waals surface area contributed by atoms with E-state index in [1.807, 2.05) is 19.2 Å². The second-order valence-electron chi connectivity index (χ2n) is 2.66. The van der Waals surface area contributed by atoms with Gasteiger partial charge in [-0.25, -0.2) is 0 Å². The molecular formula is C9H10N2O. The van der Waals surface area contributed by atoms with E-state index in [9.17, 15) is 0 Å². The number of pyridine rings is 1. The highest BCUT2D eigenvalue weighted by Crippen LogP contribution is 2.14. The molecule has 62 valence electrons. The van der Waals surface area contributed by atoms with Crippen molar-refractivity contribution in [3.63, 3.8) is 0 Å². The van der Waals surface area contributed by atoms with Gasteiger partial charge in [-0.15, -0.1) is 0 Å². The molecule has 0 saturated carbocycles. The number of aromatic nitrogens is 1. The van der Waals surface area contributed by atoms with E-state index in [0.29, 0.717) is 0 Å². The summed E-state index contributed by atoms with van der Waals surface area (Å²) in [4.78, 5) is 4.21. The van der Waals surface area contributed by atoms with Gasteiger partial charge in [-0.1, -0.05) is 0 Å². The SMILES string of the molecule is CNCc1cc2ccoc2cn1. The highest BCUT2D eigenvalue weighted by Gasteiger charge is 1.98. The van der Waals surface area contributed by atoms with Gasteiger partial charge in [-0.05, 0) is 19.2 Å². The highest BCUT2D eigenvalue weighted by atomic mass is 16.3. The number of hydrogen-bond acceptors (Lipinski definition) is 3. The minimum absolute atomic E-state index is 0.793. The molecule has 0 aromatic carbocycles. The summed E-state index contributed by atoms with van der Waals surface area (Å²) in [6.07, 6.45) is 3.43. The molecule has 1 N–H and O–H groups in total. The number of nitrogens with one attached hydrogen (secondary N) is 1. The minimum atomic E-state index is 0.793.